The molecule has 2 aliphatic rings. The molecule has 0 aromatic carbocycles. The number of ether oxygens (including phenoxy) is 1. The molecule has 0 spiro atoms. The predicted octanol–water partition coefficient (Wildman–Crippen LogP) is 2.66. The summed E-state index contributed by atoms with van der Waals surface area (Å²) in [5.41, 5.74) is 0.264. The SMILES string of the molecule is CCC1(C)CCSC(=NCC2CCOCC2)N1. The first-order chi connectivity index (χ1) is 8.22. The average Bonchev–Trinajstić information content (AvgIpc) is 2.38. The van der Waals surface area contributed by atoms with Gasteiger partial charge in [0, 0.05) is 31.1 Å². The van der Waals surface area contributed by atoms with Gasteiger partial charge in [-0.1, -0.05) is 18.7 Å². The molecule has 3 nitrogen and oxygen atoms in total. The number of amidine groups is 1. The highest BCUT2D eigenvalue weighted by Crippen LogP contribution is 2.25. The van der Waals surface area contributed by atoms with Crippen molar-refractivity contribution in [3.8, 4) is 0 Å². The fourth-order valence-corrected chi connectivity index (χ4v) is 3.45. The first-order valence-electron chi connectivity index (χ1n) is 6.75. The van der Waals surface area contributed by atoms with Gasteiger partial charge in [-0.2, -0.15) is 0 Å². The second-order valence-electron chi connectivity index (χ2n) is 5.34. The molecule has 1 unspecified atom stereocenters. The van der Waals surface area contributed by atoms with E-state index in [0.717, 1.165) is 30.8 Å². The zero-order valence-electron chi connectivity index (χ0n) is 11.0. The van der Waals surface area contributed by atoms with Crippen molar-refractivity contribution in [2.24, 2.45) is 10.9 Å². The number of rotatable bonds is 3. The van der Waals surface area contributed by atoms with Crippen LogP contribution in [0.15, 0.2) is 4.99 Å². The number of thioether (sulfide) groups is 1. The van der Waals surface area contributed by atoms with E-state index in [4.69, 9.17) is 9.73 Å². The fourth-order valence-electron chi connectivity index (χ4n) is 2.22. The number of nitrogens with one attached hydrogen (secondary N) is 1. The maximum Gasteiger partial charge on any atom is 0.156 e. The van der Waals surface area contributed by atoms with E-state index in [1.165, 1.54) is 31.4 Å². The molecule has 2 fully saturated rings. The van der Waals surface area contributed by atoms with Crippen LogP contribution in [-0.4, -0.2) is 36.2 Å². The summed E-state index contributed by atoms with van der Waals surface area (Å²) in [6.45, 7) is 7.36. The lowest BCUT2D eigenvalue weighted by Gasteiger charge is -2.35. The summed E-state index contributed by atoms with van der Waals surface area (Å²) in [6.07, 6.45) is 4.76. The number of aliphatic imine (C=N–C) groups is 1. The Morgan fingerprint density at radius 1 is 1.47 bits per heavy atom. The monoisotopic (exact) mass is 256 g/mol. The maximum absolute atomic E-state index is 5.37. The van der Waals surface area contributed by atoms with Crippen molar-refractivity contribution >= 4 is 16.9 Å². The first kappa shape index (κ1) is 13.2. The standard InChI is InChI=1S/C13H24N2OS/c1-3-13(2)6-9-17-12(15-13)14-10-11-4-7-16-8-5-11/h11H,3-10H2,1-2H3,(H,14,15). The van der Waals surface area contributed by atoms with Crippen molar-refractivity contribution in [2.45, 2.75) is 45.1 Å². The minimum atomic E-state index is 0.264. The van der Waals surface area contributed by atoms with Crippen LogP contribution in [0.2, 0.25) is 0 Å². The molecule has 0 amide bonds. The highest BCUT2D eigenvalue weighted by Gasteiger charge is 2.27. The van der Waals surface area contributed by atoms with Crippen molar-refractivity contribution in [2.75, 3.05) is 25.5 Å². The first-order valence-corrected chi connectivity index (χ1v) is 7.73. The molecule has 2 saturated heterocycles. The Hall–Kier alpha value is -0.220. The van der Waals surface area contributed by atoms with E-state index in [0.29, 0.717) is 0 Å². The minimum Gasteiger partial charge on any atom is -0.381 e. The smallest absolute Gasteiger partial charge is 0.156 e. The zero-order valence-corrected chi connectivity index (χ0v) is 11.8. The van der Waals surface area contributed by atoms with E-state index in [2.05, 4.69) is 19.2 Å². The van der Waals surface area contributed by atoms with Crippen LogP contribution < -0.4 is 5.32 Å². The molecule has 2 heterocycles. The van der Waals surface area contributed by atoms with Gasteiger partial charge in [-0.3, -0.25) is 4.99 Å². The Morgan fingerprint density at radius 3 is 2.94 bits per heavy atom. The summed E-state index contributed by atoms with van der Waals surface area (Å²) in [6, 6.07) is 0. The summed E-state index contributed by atoms with van der Waals surface area (Å²) in [5.74, 6) is 1.93. The summed E-state index contributed by atoms with van der Waals surface area (Å²) >= 11 is 1.88. The third-order valence-corrected chi connectivity index (χ3v) is 4.83. The van der Waals surface area contributed by atoms with Gasteiger partial charge >= 0.3 is 0 Å². The highest BCUT2D eigenvalue weighted by molar-refractivity contribution is 8.13. The lowest BCUT2D eigenvalue weighted by atomic mass is 9.96. The van der Waals surface area contributed by atoms with Crippen LogP contribution in [0, 0.1) is 5.92 Å². The summed E-state index contributed by atoms with van der Waals surface area (Å²) in [5, 5.41) is 4.76. The maximum atomic E-state index is 5.37. The molecule has 0 radical (unpaired) electrons. The largest absolute Gasteiger partial charge is 0.381 e. The van der Waals surface area contributed by atoms with Crippen molar-refractivity contribution in [1.29, 1.82) is 0 Å². The van der Waals surface area contributed by atoms with Crippen LogP contribution in [0.1, 0.15) is 39.5 Å². The molecule has 2 rings (SSSR count). The van der Waals surface area contributed by atoms with Gasteiger partial charge in [0.1, 0.15) is 0 Å². The molecule has 4 heteroatoms. The molecule has 0 bridgehead atoms. The van der Waals surface area contributed by atoms with Gasteiger partial charge in [0.25, 0.3) is 0 Å². The quantitative estimate of drug-likeness (QED) is 0.843. The average molecular weight is 256 g/mol. The summed E-state index contributed by atoms with van der Waals surface area (Å²) in [4.78, 5) is 4.76. The van der Waals surface area contributed by atoms with Crippen LogP contribution >= 0.6 is 11.8 Å². The lowest BCUT2D eigenvalue weighted by Crippen LogP contribution is -2.48. The number of hydrogen-bond acceptors (Lipinski definition) is 3. The van der Waals surface area contributed by atoms with Crippen molar-refractivity contribution in [3.05, 3.63) is 0 Å². The third kappa shape index (κ3) is 3.88. The van der Waals surface area contributed by atoms with Gasteiger partial charge < -0.3 is 10.1 Å². The van der Waals surface area contributed by atoms with Crippen molar-refractivity contribution in [1.82, 2.24) is 5.32 Å². The Balaban J connectivity index is 1.83. The third-order valence-electron chi connectivity index (χ3n) is 3.92. The molecule has 17 heavy (non-hydrogen) atoms. The van der Waals surface area contributed by atoms with E-state index >= 15 is 0 Å². The van der Waals surface area contributed by atoms with Crippen LogP contribution in [0.5, 0.6) is 0 Å². The molecule has 1 N–H and O–H groups in total. The van der Waals surface area contributed by atoms with Gasteiger partial charge in [-0.25, -0.2) is 0 Å². The normalized spacial score (nSPS) is 33.6. The van der Waals surface area contributed by atoms with Gasteiger partial charge in [-0.15, -0.1) is 0 Å². The minimum absolute atomic E-state index is 0.264. The lowest BCUT2D eigenvalue weighted by molar-refractivity contribution is 0.0689. The Bertz CT molecular complexity index is 277. The van der Waals surface area contributed by atoms with E-state index in [1.54, 1.807) is 0 Å². The van der Waals surface area contributed by atoms with Gasteiger partial charge in [-0.05, 0) is 38.5 Å². The predicted molar refractivity (Wildman–Crippen MR) is 74.8 cm³/mol. The van der Waals surface area contributed by atoms with E-state index in [9.17, 15) is 0 Å². The van der Waals surface area contributed by atoms with Crippen LogP contribution in [0.25, 0.3) is 0 Å². The molecular formula is C13H24N2OS. The van der Waals surface area contributed by atoms with Gasteiger partial charge in [0.15, 0.2) is 5.17 Å². The second kappa shape index (κ2) is 6.10. The van der Waals surface area contributed by atoms with Crippen LogP contribution in [-0.2, 0) is 4.74 Å². The Morgan fingerprint density at radius 2 is 2.24 bits per heavy atom. The summed E-state index contributed by atoms with van der Waals surface area (Å²) < 4.78 is 5.37. The molecule has 1 atom stereocenters. The summed E-state index contributed by atoms with van der Waals surface area (Å²) in [7, 11) is 0. The number of hydrogen-bond donors (Lipinski definition) is 1. The fraction of sp³-hybridized carbons (Fsp3) is 0.923. The molecule has 0 saturated carbocycles. The molecular weight excluding hydrogens is 232 g/mol. The van der Waals surface area contributed by atoms with E-state index in [-0.39, 0.29) is 5.54 Å². The van der Waals surface area contributed by atoms with E-state index < -0.39 is 0 Å². The zero-order chi connectivity index (χ0) is 12.1. The van der Waals surface area contributed by atoms with Gasteiger partial charge in [0.05, 0.1) is 0 Å². The van der Waals surface area contributed by atoms with Gasteiger partial charge in [0.2, 0.25) is 0 Å². The molecule has 0 aliphatic carbocycles. The topological polar surface area (TPSA) is 33.6 Å². The molecule has 2 aliphatic heterocycles. The van der Waals surface area contributed by atoms with Crippen LogP contribution in [0.3, 0.4) is 0 Å². The molecule has 98 valence electrons. The molecule has 0 aromatic rings. The van der Waals surface area contributed by atoms with Crippen LogP contribution in [0.4, 0.5) is 0 Å². The van der Waals surface area contributed by atoms with Crippen molar-refractivity contribution < 1.29 is 4.74 Å². The number of nitrogens with zero attached hydrogens (tertiary/aromatic N) is 1. The second-order valence-corrected chi connectivity index (χ2v) is 6.42. The Labute approximate surface area is 109 Å². The highest BCUT2D eigenvalue weighted by atomic mass is 32.2. The Kier molecular flexibility index (Phi) is 4.74. The molecule has 0 aromatic heterocycles. The van der Waals surface area contributed by atoms with Crippen molar-refractivity contribution in [3.63, 3.8) is 0 Å². The van der Waals surface area contributed by atoms with E-state index in [1.807, 2.05) is 11.8 Å².